The number of ether oxygens (including phenoxy) is 4. The third-order valence-electron chi connectivity index (χ3n) is 3.78. The minimum Gasteiger partial charge on any atom is -0.385 e. The quantitative estimate of drug-likeness (QED) is 0.683. The van der Waals surface area contributed by atoms with Crippen LogP contribution in [-0.4, -0.2) is 47.7 Å². The van der Waals surface area contributed by atoms with Crippen molar-refractivity contribution in [2.24, 2.45) is 0 Å². The van der Waals surface area contributed by atoms with Crippen LogP contribution in [0.3, 0.4) is 0 Å². The van der Waals surface area contributed by atoms with Gasteiger partial charge < -0.3 is 24.1 Å². The summed E-state index contributed by atoms with van der Waals surface area (Å²) in [6.45, 7) is 6.11. The first-order valence-electron chi connectivity index (χ1n) is 6.27. The van der Waals surface area contributed by atoms with Gasteiger partial charge >= 0.3 is 0 Å². The number of aliphatic hydroxyl groups is 1. The third kappa shape index (κ3) is 1.81. The van der Waals surface area contributed by atoms with E-state index < -0.39 is 17.7 Å². The zero-order valence-electron chi connectivity index (χ0n) is 10.5. The van der Waals surface area contributed by atoms with E-state index >= 15 is 0 Å². The molecule has 3 fully saturated rings. The summed E-state index contributed by atoms with van der Waals surface area (Å²) < 4.78 is 23.0. The molecule has 3 heterocycles. The summed E-state index contributed by atoms with van der Waals surface area (Å²) in [5, 5.41) is 10.4. The summed E-state index contributed by atoms with van der Waals surface area (Å²) >= 11 is 0. The van der Waals surface area contributed by atoms with Crippen LogP contribution in [0.5, 0.6) is 0 Å². The van der Waals surface area contributed by atoms with Crippen LogP contribution in [-0.2, 0) is 18.9 Å². The maximum atomic E-state index is 10.4. The van der Waals surface area contributed by atoms with Crippen LogP contribution in [0.2, 0.25) is 0 Å². The average Bonchev–Trinajstić information content (AvgIpc) is 2.75. The lowest BCUT2D eigenvalue weighted by Gasteiger charge is -2.42. The van der Waals surface area contributed by atoms with E-state index in [0.717, 1.165) is 6.42 Å². The molecule has 3 saturated heterocycles. The molecule has 3 rings (SSSR count). The molecule has 0 unspecified atom stereocenters. The SMILES string of the molecule is C[C@@H]1CC[C@@]2(OC[C@H]3OC(C)(C)O[C@H]3[C@@H]2O)O1. The molecule has 0 aromatic carbocycles. The van der Waals surface area contributed by atoms with Gasteiger partial charge in [0.05, 0.1) is 12.7 Å². The van der Waals surface area contributed by atoms with E-state index in [-0.39, 0.29) is 18.3 Å². The monoisotopic (exact) mass is 244 g/mol. The topological polar surface area (TPSA) is 57.2 Å². The van der Waals surface area contributed by atoms with E-state index in [0.29, 0.717) is 13.0 Å². The smallest absolute Gasteiger partial charge is 0.197 e. The molecule has 5 nitrogen and oxygen atoms in total. The zero-order valence-corrected chi connectivity index (χ0v) is 10.5. The third-order valence-corrected chi connectivity index (χ3v) is 3.78. The molecule has 3 aliphatic heterocycles. The lowest BCUT2D eigenvalue weighted by atomic mass is 9.94. The number of rotatable bonds is 0. The summed E-state index contributed by atoms with van der Waals surface area (Å²) in [7, 11) is 0. The van der Waals surface area contributed by atoms with Gasteiger partial charge in [0.25, 0.3) is 0 Å². The van der Waals surface area contributed by atoms with E-state index in [1.165, 1.54) is 0 Å². The normalized spacial score (nSPS) is 52.9. The highest BCUT2D eigenvalue weighted by Crippen LogP contribution is 2.44. The second-order valence-electron chi connectivity index (χ2n) is 5.67. The maximum absolute atomic E-state index is 10.4. The van der Waals surface area contributed by atoms with Crippen molar-refractivity contribution in [3.05, 3.63) is 0 Å². The summed E-state index contributed by atoms with van der Waals surface area (Å²) in [5.41, 5.74) is 0. The maximum Gasteiger partial charge on any atom is 0.197 e. The van der Waals surface area contributed by atoms with Gasteiger partial charge in [-0.05, 0) is 27.2 Å². The van der Waals surface area contributed by atoms with Crippen molar-refractivity contribution < 1.29 is 24.1 Å². The summed E-state index contributed by atoms with van der Waals surface area (Å²) in [6.07, 6.45) is 0.389. The van der Waals surface area contributed by atoms with Crippen LogP contribution in [0.1, 0.15) is 33.6 Å². The highest BCUT2D eigenvalue weighted by atomic mass is 16.8. The lowest BCUT2D eigenvalue weighted by molar-refractivity contribution is -0.316. The number of hydrogen-bond acceptors (Lipinski definition) is 5. The van der Waals surface area contributed by atoms with Gasteiger partial charge in [-0.1, -0.05) is 0 Å². The Bertz CT molecular complexity index is 318. The largest absolute Gasteiger partial charge is 0.385 e. The molecule has 0 radical (unpaired) electrons. The van der Waals surface area contributed by atoms with Gasteiger partial charge in [-0.3, -0.25) is 0 Å². The van der Waals surface area contributed by atoms with Crippen molar-refractivity contribution >= 4 is 0 Å². The van der Waals surface area contributed by atoms with Crippen molar-refractivity contribution in [3.63, 3.8) is 0 Å². The number of fused-ring (bicyclic) bond motifs is 1. The van der Waals surface area contributed by atoms with Crippen LogP contribution in [0, 0.1) is 0 Å². The molecule has 17 heavy (non-hydrogen) atoms. The van der Waals surface area contributed by atoms with Gasteiger partial charge in [0, 0.05) is 6.42 Å². The molecule has 0 aliphatic carbocycles. The van der Waals surface area contributed by atoms with Gasteiger partial charge in [-0.25, -0.2) is 0 Å². The Morgan fingerprint density at radius 1 is 1.18 bits per heavy atom. The highest BCUT2D eigenvalue weighted by Gasteiger charge is 2.59. The summed E-state index contributed by atoms with van der Waals surface area (Å²) in [4.78, 5) is 0. The first kappa shape index (κ1) is 11.9. The van der Waals surface area contributed by atoms with Crippen molar-refractivity contribution in [2.45, 2.75) is 69.6 Å². The lowest BCUT2D eigenvalue weighted by Crippen LogP contribution is -2.59. The van der Waals surface area contributed by atoms with Gasteiger partial charge in [-0.15, -0.1) is 0 Å². The standard InChI is InChI=1S/C12H20O5/c1-7-4-5-12(15-7)10(13)9-8(6-14-12)16-11(2,3)17-9/h7-10,13H,4-6H2,1-3H3/t7-,8-,9-,10+,12-/m1/s1. The molecule has 1 spiro atoms. The Hall–Kier alpha value is -0.200. The molecule has 0 aromatic rings. The minimum absolute atomic E-state index is 0.122. The average molecular weight is 244 g/mol. The van der Waals surface area contributed by atoms with E-state index in [2.05, 4.69) is 0 Å². The van der Waals surface area contributed by atoms with Crippen LogP contribution in [0.4, 0.5) is 0 Å². The predicted octanol–water partition coefficient (Wildman–Crippen LogP) is 0.793. The second kappa shape index (κ2) is 3.65. The van der Waals surface area contributed by atoms with Crippen molar-refractivity contribution in [1.82, 2.24) is 0 Å². The van der Waals surface area contributed by atoms with Gasteiger partial charge in [0.15, 0.2) is 11.6 Å². The van der Waals surface area contributed by atoms with E-state index in [9.17, 15) is 5.11 Å². The fourth-order valence-corrected chi connectivity index (χ4v) is 3.01. The predicted molar refractivity (Wildman–Crippen MR) is 58.3 cm³/mol. The van der Waals surface area contributed by atoms with Crippen molar-refractivity contribution in [1.29, 1.82) is 0 Å². The molecule has 0 amide bonds. The summed E-state index contributed by atoms with van der Waals surface area (Å²) in [6, 6.07) is 0. The molecular formula is C12H20O5. The Morgan fingerprint density at radius 3 is 2.59 bits per heavy atom. The molecule has 5 atom stereocenters. The fourth-order valence-electron chi connectivity index (χ4n) is 3.01. The molecule has 0 bridgehead atoms. The molecule has 0 aromatic heterocycles. The Morgan fingerprint density at radius 2 is 1.94 bits per heavy atom. The Labute approximate surface area is 101 Å². The van der Waals surface area contributed by atoms with Crippen molar-refractivity contribution in [2.75, 3.05) is 6.61 Å². The first-order chi connectivity index (χ1) is 7.92. The molecule has 5 heteroatoms. The Kier molecular flexibility index (Phi) is 2.55. The van der Waals surface area contributed by atoms with Crippen LogP contribution >= 0.6 is 0 Å². The van der Waals surface area contributed by atoms with E-state index in [1.54, 1.807) is 0 Å². The minimum atomic E-state index is -0.885. The van der Waals surface area contributed by atoms with Crippen LogP contribution < -0.4 is 0 Å². The molecule has 0 saturated carbocycles. The first-order valence-corrected chi connectivity index (χ1v) is 6.27. The van der Waals surface area contributed by atoms with E-state index in [4.69, 9.17) is 18.9 Å². The Balaban J connectivity index is 1.81. The molecule has 98 valence electrons. The van der Waals surface area contributed by atoms with Crippen LogP contribution in [0.15, 0.2) is 0 Å². The van der Waals surface area contributed by atoms with Gasteiger partial charge in [0.2, 0.25) is 0 Å². The number of hydrogen-bond donors (Lipinski definition) is 1. The molecular weight excluding hydrogens is 224 g/mol. The fraction of sp³-hybridized carbons (Fsp3) is 1.00. The highest BCUT2D eigenvalue weighted by molar-refractivity contribution is 5.00. The van der Waals surface area contributed by atoms with Gasteiger partial charge in [0.1, 0.15) is 18.3 Å². The van der Waals surface area contributed by atoms with Gasteiger partial charge in [-0.2, -0.15) is 0 Å². The second-order valence-corrected chi connectivity index (χ2v) is 5.67. The van der Waals surface area contributed by atoms with Crippen molar-refractivity contribution in [3.8, 4) is 0 Å². The molecule has 1 N–H and O–H groups in total. The summed E-state index contributed by atoms with van der Waals surface area (Å²) in [5.74, 6) is -1.54. The van der Waals surface area contributed by atoms with Crippen LogP contribution in [0.25, 0.3) is 0 Å². The number of aliphatic hydroxyl groups excluding tert-OH is 1. The van der Waals surface area contributed by atoms with E-state index in [1.807, 2.05) is 20.8 Å². The molecule has 3 aliphatic rings. The zero-order chi connectivity index (χ0) is 12.3.